The van der Waals surface area contributed by atoms with Crippen LogP contribution in [0.2, 0.25) is 0 Å². The lowest BCUT2D eigenvalue weighted by atomic mass is 10.2. The van der Waals surface area contributed by atoms with E-state index < -0.39 is 5.60 Å². The zero-order chi connectivity index (χ0) is 11.4. The van der Waals surface area contributed by atoms with Gasteiger partial charge in [0.1, 0.15) is 5.60 Å². The van der Waals surface area contributed by atoms with Gasteiger partial charge in [-0.2, -0.15) is 0 Å². The number of carbonyl (C=O) groups excluding carboxylic acids is 2. The Hall–Kier alpha value is -1.06. The van der Waals surface area contributed by atoms with Crippen LogP contribution in [-0.4, -0.2) is 23.5 Å². The number of hydrogen-bond donors (Lipinski definition) is 1. The van der Waals surface area contributed by atoms with Crippen molar-refractivity contribution in [2.75, 3.05) is 0 Å². The molecule has 4 nitrogen and oxygen atoms in total. The summed E-state index contributed by atoms with van der Waals surface area (Å²) in [6, 6.07) is -0.178. The summed E-state index contributed by atoms with van der Waals surface area (Å²) in [6.07, 6.45) is 0.205. The predicted octanol–water partition coefficient (Wildman–Crippen LogP) is 1.24. The Balaban J connectivity index is 3.89. The van der Waals surface area contributed by atoms with E-state index in [1.807, 2.05) is 20.8 Å². The molecule has 0 aliphatic heterocycles. The van der Waals surface area contributed by atoms with Gasteiger partial charge in [0.05, 0.1) is 6.42 Å². The smallest absolute Gasteiger partial charge is 0.308 e. The molecule has 1 atom stereocenters. The highest BCUT2D eigenvalue weighted by Gasteiger charge is 2.18. The maximum Gasteiger partial charge on any atom is 0.308 e. The first kappa shape index (κ1) is 12.9. The van der Waals surface area contributed by atoms with Gasteiger partial charge in [0.25, 0.3) is 0 Å². The lowest BCUT2D eigenvalue weighted by Gasteiger charge is -2.21. The Morgan fingerprint density at radius 3 is 2.21 bits per heavy atom. The molecule has 0 saturated heterocycles. The van der Waals surface area contributed by atoms with Crippen molar-refractivity contribution >= 4 is 11.9 Å². The zero-order valence-electron chi connectivity index (χ0n) is 9.51. The first-order chi connectivity index (χ1) is 6.20. The molecule has 14 heavy (non-hydrogen) atoms. The molecule has 0 heterocycles. The van der Waals surface area contributed by atoms with Crippen LogP contribution in [0.15, 0.2) is 0 Å². The molecular weight excluding hydrogens is 182 g/mol. The molecule has 1 amide bonds. The van der Waals surface area contributed by atoms with Crippen molar-refractivity contribution in [3.05, 3.63) is 0 Å². The van der Waals surface area contributed by atoms with Crippen LogP contribution in [0, 0.1) is 0 Å². The Bertz CT molecular complexity index is 218. The van der Waals surface area contributed by atoms with E-state index in [0.717, 1.165) is 0 Å². The van der Waals surface area contributed by atoms with E-state index in [9.17, 15) is 9.59 Å². The van der Waals surface area contributed by atoms with E-state index in [4.69, 9.17) is 4.74 Å². The average molecular weight is 201 g/mol. The van der Waals surface area contributed by atoms with E-state index in [-0.39, 0.29) is 24.3 Å². The highest BCUT2D eigenvalue weighted by atomic mass is 16.6. The summed E-state index contributed by atoms with van der Waals surface area (Å²) in [5, 5.41) is 2.62. The van der Waals surface area contributed by atoms with Crippen molar-refractivity contribution in [2.24, 2.45) is 0 Å². The summed E-state index contributed by atoms with van der Waals surface area (Å²) < 4.78 is 5.10. The lowest BCUT2D eigenvalue weighted by Crippen LogP contribution is -2.34. The summed E-state index contributed by atoms with van der Waals surface area (Å²) in [7, 11) is 0. The number of rotatable bonds is 3. The lowest BCUT2D eigenvalue weighted by molar-refractivity contribution is -0.155. The second-order valence-corrected chi connectivity index (χ2v) is 4.39. The third-order valence-electron chi connectivity index (χ3n) is 1.34. The first-order valence-electron chi connectivity index (χ1n) is 4.69. The second kappa shape index (κ2) is 4.98. The molecule has 0 aromatic carbocycles. The fraction of sp³-hybridized carbons (Fsp3) is 0.800. The van der Waals surface area contributed by atoms with E-state index in [1.165, 1.54) is 6.92 Å². The van der Waals surface area contributed by atoms with Crippen molar-refractivity contribution in [3.63, 3.8) is 0 Å². The molecule has 0 bridgehead atoms. The predicted molar refractivity (Wildman–Crippen MR) is 53.7 cm³/mol. The highest BCUT2D eigenvalue weighted by molar-refractivity contribution is 5.75. The Labute approximate surface area is 85.0 Å². The van der Waals surface area contributed by atoms with Gasteiger partial charge in [0, 0.05) is 13.0 Å². The molecule has 0 fully saturated rings. The minimum Gasteiger partial charge on any atom is -0.460 e. The van der Waals surface area contributed by atoms with Crippen LogP contribution in [0.4, 0.5) is 0 Å². The van der Waals surface area contributed by atoms with Gasteiger partial charge in [-0.05, 0) is 27.7 Å². The molecule has 0 radical (unpaired) electrons. The minimum absolute atomic E-state index is 0.138. The van der Waals surface area contributed by atoms with E-state index in [1.54, 1.807) is 6.92 Å². The molecule has 4 heteroatoms. The van der Waals surface area contributed by atoms with Gasteiger partial charge >= 0.3 is 5.97 Å². The largest absolute Gasteiger partial charge is 0.460 e. The van der Waals surface area contributed by atoms with Crippen LogP contribution in [0.25, 0.3) is 0 Å². The number of esters is 1. The Morgan fingerprint density at radius 1 is 1.36 bits per heavy atom. The van der Waals surface area contributed by atoms with Crippen LogP contribution < -0.4 is 5.32 Å². The summed E-state index contributed by atoms with van der Waals surface area (Å²) in [5.74, 6) is -0.431. The number of amides is 1. The molecule has 0 aromatic heterocycles. The summed E-state index contributed by atoms with van der Waals surface area (Å²) >= 11 is 0. The molecule has 0 spiro atoms. The zero-order valence-corrected chi connectivity index (χ0v) is 9.51. The summed E-state index contributed by atoms with van der Waals surface area (Å²) in [4.78, 5) is 21.9. The fourth-order valence-corrected chi connectivity index (χ4v) is 1.03. The van der Waals surface area contributed by atoms with Gasteiger partial charge in [-0.3, -0.25) is 9.59 Å². The highest BCUT2D eigenvalue weighted by Crippen LogP contribution is 2.09. The number of carbonyl (C=O) groups is 2. The van der Waals surface area contributed by atoms with Crippen molar-refractivity contribution < 1.29 is 14.3 Å². The molecule has 1 N–H and O–H groups in total. The third kappa shape index (κ3) is 7.58. The van der Waals surface area contributed by atoms with Crippen molar-refractivity contribution in [2.45, 2.75) is 52.7 Å². The number of nitrogens with one attached hydrogen (secondary N) is 1. The number of hydrogen-bond acceptors (Lipinski definition) is 3. The number of ether oxygens (including phenoxy) is 1. The van der Waals surface area contributed by atoms with Gasteiger partial charge < -0.3 is 10.1 Å². The van der Waals surface area contributed by atoms with Crippen molar-refractivity contribution in [1.29, 1.82) is 0 Å². The van der Waals surface area contributed by atoms with Crippen LogP contribution in [0.5, 0.6) is 0 Å². The topological polar surface area (TPSA) is 55.4 Å². The summed E-state index contributed by atoms with van der Waals surface area (Å²) in [5.41, 5.74) is -0.465. The SMILES string of the molecule is CC(=O)N[C@@H](C)CC(=O)OC(C)(C)C. The maximum absolute atomic E-state index is 11.3. The quantitative estimate of drug-likeness (QED) is 0.699. The molecular formula is C10H19NO3. The van der Waals surface area contributed by atoms with E-state index >= 15 is 0 Å². The molecule has 0 aliphatic carbocycles. The van der Waals surface area contributed by atoms with Gasteiger partial charge in [-0.15, -0.1) is 0 Å². The normalized spacial score (nSPS) is 13.2. The van der Waals surface area contributed by atoms with Crippen molar-refractivity contribution in [3.8, 4) is 0 Å². The molecule has 0 unspecified atom stereocenters. The van der Waals surface area contributed by atoms with E-state index in [2.05, 4.69) is 5.32 Å². The van der Waals surface area contributed by atoms with E-state index in [0.29, 0.717) is 0 Å². The second-order valence-electron chi connectivity index (χ2n) is 4.39. The monoisotopic (exact) mass is 201 g/mol. The standard InChI is InChI=1S/C10H19NO3/c1-7(11-8(2)12)6-9(13)14-10(3,4)5/h7H,6H2,1-5H3,(H,11,12)/t7-/m0/s1. The van der Waals surface area contributed by atoms with Gasteiger partial charge in [0.2, 0.25) is 5.91 Å². The fourth-order valence-electron chi connectivity index (χ4n) is 1.03. The molecule has 0 saturated carbocycles. The summed E-state index contributed by atoms with van der Waals surface area (Å²) in [6.45, 7) is 8.63. The third-order valence-corrected chi connectivity index (χ3v) is 1.34. The van der Waals surface area contributed by atoms with Crippen molar-refractivity contribution in [1.82, 2.24) is 5.32 Å². The van der Waals surface area contributed by atoms with Crippen LogP contribution >= 0.6 is 0 Å². The molecule has 0 rings (SSSR count). The molecule has 0 aromatic rings. The van der Waals surface area contributed by atoms with Gasteiger partial charge in [0.15, 0.2) is 0 Å². The average Bonchev–Trinajstić information content (AvgIpc) is 1.77. The molecule has 0 aliphatic rings. The molecule has 82 valence electrons. The van der Waals surface area contributed by atoms with Crippen LogP contribution in [-0.2, 0) is 14.3 Å². The minimum atomic E-state index is -0.465. The van der Waals surface area contributed by atoms with Crippen LogP contribution in [0.1, 0.15) is 41.0 Å². The first-order valence-corrected chi connectivity index (χ1v) is 4.69. The van der Waals surface area contributed by atoms with Crippen LogP contribution in [0.3, 0.4) is 0 Å². The Kier molecular flexibility index (Phi) is 4.60. The van der Waals surface area contributed by atoms with Gasteiger partial charge in [-0.25, -0.2) is 0 Å². The Morgan fingerprint density at radius 2 is 1.86 bits per heavy atom. The maximum atomic E-state index is 11.3. The van der Waals surface area contributed by atoms with Gasteiger partial charge in [-0.1, -0.05) is 0 Å².